The van der Waals surface area contributed by atoms with Crippen LogP contribution in [0.15, 0.2) is 34.0 Å². The number of H-pyrrole nitrogens is 1. The van der Waals surface area contributed by atoms with E-state index in [9.17, 15) is 18.0 Å². The van der Waals surface area contributed by atoms with Gasteiger partial charge < -0.3 is 9.51 Å². The lowest BCUT2D eigenvalue weighted by molar-refractivity contribution is -0.142. The van der Waals surface area contributed by atoms with E-state index in [-0.39, 0.29) is 29.4 Å². The summed E-state index contributed by atoms with van der Waals surface area (Å²) in [7, 11) is 0. The number of alkyl halides is 3. The average molecular weight is 326 g/mol. The van der Waals surface area contributed by atoms with Crippen molar-refractivity contribution in [3.63, 3.8) is 0 Å². The summed E-state index contributed by atoms with van der Waals surface area (Å²) in [6.45, 7) is -1.17. The topological polar surface area (TPSA) is 102 Å². The summed E-state index contributed by atoms with van der Waals surface area (Å²) in [5.74, 6) is 0.264. The molecule has 120 valence electrons. The van der Waals surface area contributed by atoms with Gasteiger partial charge in [0.1, 0.15) is 12.2 Å². The maximum Gasteiger partial charge on any atom is 0.408 e. The van der Waals surface area contributed by atoms with Crippen LogP contribution in [0, 0.1) is 0 Å². The molecule has 0 aliphatic rings. The fourth-order valence-corrected chi connectivity index (χ4v) is 1.85. The SMILES string of the molecule is O=c1cc(-c2noc(Cc3ccn(CC(F)(F)F)n3)n2)nc[nH]1. The number of halogens is 3. The summed E-state index contributed by atoms with van der Waals surface area (Å²) >= 11 is 0. The minimum Gasteiger partial charge on any atom is -0.338 e. The maximum atomic E-state index is 12.3. The van der Waals surface area contributed by atoms with Crippen molar-refractivity contribution in [2.45, 2.75) is 19.1 Å². The first-order valence-corrected chi connectivity index (χ1v) is 6.36. The van der Waals surface area contributed by atoms with Crippen molar-refractivity contribution >= 4 is 0 Å². The van der Waals surface area contributed by atoms with Crippen LogP contribution in [0.25, 0.3) is 11.5 Å². The Bertz CT molecular complexity index is 866. The molecule has 3 aromatic heterocycles. The Morgan fingerprint density at radius 2 is 2.17 bits per heavy atom. The summed E-state index contributed by atoms with van der Waals surface area (Å²) in [6, 6.07) is 2.63. The third-order valence-corrected chi connectivity index (χ3v) is 2.74. The van der Waals surface area contributed by atoms with E-state index in [1.54, 1.807) is 0 Å². The van der Waals surface area contributed by atoms with Crippen molar-refractivity contribution in [1.82, 2.24) is 29.9 Å². The average Bonchev–Trinajstić information content (AvgIpc) is 3.07. The molecule has 1 N–H and O–H groups in total. The molecule has 23 heavy (non-hydrogen) atoms. The third kappa shape index (κ3) is 3.81. The predicted molar refractivity (Wildman–Crippen MR) is 69.2 cm³/mol. The van der Waals surface area contributed by atoms with Crippen molar-refractivity contribution in [1.29, 1.82) is 0 Å². The Morgan fingerprint density at radius 1 is 1.35 bits per heavy atom. The summed E-state index contributed by atoms with van der Waals surface area (Å²) in [5, 5.41) is 7.46. The lowest BCUT2D eigenvalue weighted by Gasteiger charge is -2.05. The molecule has 0 unspecified atom stereocenters. The zero-order chi connectivity index (χ0) is 16.4. The molecular weight excluding hydrogens is 317 g/mol. The van der Waals surface area contributed by atoms with Crippen LogP contribution in [0.3, 0.4) is 0 Å². The number of hydrogen-bond acceptors (Lipinski definition) is 6. The van der Waals surface area contributed by atoms with E-state index in [1.807, 2.05) is 0 Å². The number of nitrogens with zero attached hydrogens (tertiary/aromatic N) is 5. The fourth-order valence-electron chi connectivity index (χ4n) is 1.85. The van der Waals surface area contributed by atoms with E-state index < -0.39 is 12.7 Å². The quantitative estimate of drug-likeness (QED) is 0.772. The summed E-state index contributed by atoms with van der Waals surface area (Å²) in [5.41, 5.74) is 0.210. The van der Waals surface area contributed by atoms with Crippen molar-refractivity contribution in [3.8, 4) is 11.5 Å². The van der Waals surface area contributed by atoms with Gasteiger partial charge in [-0.25, -0.2) is 4.98 Å². The second-order valence-corrected chi connectivity index (χ2v) is 4.60. The highest BCUT2D eigenvalue weighted by Crippen LogP contribution is 2.17. The standard InChI is InChI=1S/C12H9F3N6O2/c13-12(14,15)5-21-2-1-7(19-21)3-10-18-11(20-23-10)8-4-9(22)17-6-16-8/h1-2,4,6H,3,5H2,(H,16,17,22). The lowest BCUT2D eigenvalue weighted by atomic mass is 10.3. The summed E-state index contributed by atoms with van der Waals surface area (Å²) < 4.78 is 42.6. The number of aromatic amines is 1. The van der Waals surface area contributed by atoms with Gasteiger partial charge in [-0.3, -0.25) is 9.48 Å². The van der Waals surface area contributed by atoms with Crippen LogP contribution in [0.2, 0.25) is 0 Å². The van der Waals surface area contributed by atoms with Gasteiger partial charge in [-0.05, 0) is 6.07 Å². The Labute approximate surface area is 126 Å². The second kappa shape index (κ2) is 5.66. The van der Waals surface area contributed by atoms with E-state index in [0.29, 0.717) is 5.69 Å². The lowest BCUT2D eigenvalue weighted by Crippen LogP contribution is -2.18. The Kier molecular flexibility index (Phi) is 3.68. The van der Waals surface area contributed by atoms with Gasteiger partial charge in [0.25, 0.3) is 5.56 Å². The van der Waals surface area contributed by atoms with E-state index in [4.69, 9.17) is 4.52 Å². The van der Waals surface area contributed by atoms with Crippen LogP contribution < -0.4 is 5.56 Å². The highest BCUT2D eigenvalue weighted by atomic mass is 19.4. The van der Waals surface area contributed by atoms with E-state index in [0.717, 1.165) is 4.68 Å². The van der Waals surface area contributed by atoms with Crippen LogP contribution in [-0.2, 0) is 13.0 Å². The molecule has 0 amide bonds. The minimum absolute atomic E-state index is 0.0705. The van der Waals surface area contributed by atoms with Gasteiger partial charge >= 0.3 is 6.18 Å². The molecule has 0 spiro atoms. The first-order valence-electron chi connectivity index (χ1n) is 6.36. The van der Waals surface area contributed by atoms with Gasteiger partial charge in [0.2, 0.25) is 11.7 Å². The molecule has 0 aliphatic heterocycles. The summed E-state index contributed by atoms with van der Waals surface area (Å²) in [4.78, 5) is 21.5. The molecule has 0 radical (unpaired) electrons. The molecule has 0 aromatic carbocycles. The first-order chi connectivity index (χ1) is 10.9. The van der Waals surface area contributed by atoms with E-state index in [1.165, 1.54) is 24.7 Å². The van der Waals surface area contributed by atoms with Crippen LogP contribution >= 0.6 is 0 Å². The van der Waals surface area contributed by atoms with Gasteiger partial charge in [-0.2, -0.15) is 23.3 Å². The molecule has 0 saturated heterocycles. The fraction of sp³-hybridized carbons (Fsp3) is 0.250. The molecule has 0 aliphatic carbocycles. The third-order valence-electron chi connectivity index (χ3n) is 2.74. The summed E-state index contributed by atoms with van der Waals surface area (Å²) in [6.07, 6.45) is -1.85. The molecule has 3 aromatic rings. The van der Waals surface area contributed by atoms with Gasteiger partial charge in [-0.1, -0.05) is 5.16 Å². The van der Waals surface area contributed by atoms with Crippen molar-refractivity contribution in [3.05, 3.63) is 46.6 Å². The molecule has 0 saturated carbocycles. The normalized spacial score (nSPS) is 11.8. The van der Waals surface area contributed by atoms with Crippen LogP contribution in [0.1, 0.15) is 11.6 Å². The van der Waals surface area contributed by atoms with Crippen molar-refractivity contribution < 1.29 is 17.7 Å². The van der Waals surface area contributed by atoms with Crippen LogP contribution in [0.4, 0.5) is 13.2 Å². The smallest absolute Gasteiger partial charge is 0.338 e. The number of nitrogens with one attached hydrogen (secondary N) is 1. The zero-order valence-corrected chi connectivity index (χ0v) is 11.4. The van der Waals surface area contributed by atoms with Crippen LogP contribution in [0.5, 0.6) is 0 Å². The maximum absolute atomic E-state index is 12.3. The Balaban J connectivity index is 1.73. The number of rotatable bonds is 4. The largest absolute Gasteiger partial charge is 0.408 e. The van der Waals surface area contributed by atoms with E-state index in [2.05, 4.69) is 25.2 Å². The zero-order valence-electron chi connectivity index (χ0n) is 11.4. The molecular formula is C12H9F3N6O2. The highest BCUT2D eigenvalue weighted by molar-refractivity contribution is 5.46. The number of aromatic nitrogens is 6. The first kappa shape index (κ1) is 14.9. The van der Waals surface area contributed by atoms with Gasteiger partial charge in [0.05, 0.1) is 18.4 Å². The second-order valence-electron chi connectivity index (χ2n) is 4.60. The molecule has 0 atom stereocenters. The van der Waals surface area contributed by atoms with Crippen molar-refractivity contribution in [2.75, 3.05) is 0 Å². The highest BCUT2D eigenvalue weighted by Gasteiger charge is 2.28. The molecule has 0 fully saturated rings. The van der Waals surface area contributed by atoms with Gasteiger partial charge in [0, 0.05) is 12.3 Å². The van der Waals surface area contributed by atoms with Gasteiger partial charge in [0.15, 0.2) is 0 Å². The monoisotopic (exact) mass is 326 g/mol. The predicted octanol–water partition coefficient (Wildman–Crippen LogP) is 1.17. The van der Waals surface area contributed by atoms with E-state index >= 15 is 0 Å². The van der Waals surface area contributed by atoms with Gasteiger partial charge in [-0.15, -0.1) is 0 Å². The molecule has 0 bridgehead atoms. The van der Waals surface area contributed by atoms with Crippen LogP contribution in [-0.4, -0.2) is 36.1 Å². The Morgan fingerprint density at radius 3 is 2.91 bits per heavy atom. The Hall–Kier alpha value is -2.98. The minimum atomic E-state index is -4.34. The van der Waals surface area contributed by atoms with Crippen molar-refractivity contribution in [2.24, 2.45) is 0 Å². The molecule has 3 heterocycles. The molecule has 3 rings (SSSR count). The molecule has 8 nitrogen and oxygen atoms in total. The number of hydrogen-bond donors (Lipinski definition) is 1. The molecule has 11 heteroatoms.